The van der Waals surface area contributed by atoms with Crippen molar-refractivity contribution < 1.29 is 9.47 Å². The molecule has 0 radical (unpaired) electrons. The second-order valence-corrected chi connectivity index (χ2v) is 4.84. The van der Waals surface area contributed by atoms with E-state index in [-0.39, 0.29) is 0 Å². The number of aromatic nitrogens is 2. The first kappa shape index (κ1) is 14.6. The van der Waals surface area contributed by atoms with Crippen LogP contribution in [0.3, 0.4) is 0 Å². The van der Waals surface area contributed by atoms with E-state index in [1.165, 1.54) is 0 Å². The summed E-state index contributed by atoms with van der Waals surface area (Å²) in [5.74, 6) is 2.71. The number of nitrogens with one attached hydrogen (secondary N) is 1. The molecule has 106 valence electrons. The second-order valence-electron chi connectivity index (χ2n) is 3.98. The monoisotopic (exact) mass is 337 g/mol. The molecule has 0 spiro atoms. The summed E-state index contributed by atoms with van der Waals surface area (Å²) < 4.78 is 11.4. The van der Waals surface area contributed by atoms with E-state index in [2.05, 4.69) is 31.2 Å². The molecule has 1 aromatic heterocycles. The smallest absolute Gasteiger partial charge is 0.162 e. The summed E-state index contributed by atoms with van der Waals surface area (Å²) in [5.41, 5.74) is 0.849. The molecule has 0 atom stereocenters. The van der Waals surface area contributed by atoms with E-state index in [0.29, 0.717) is 17.3 Å². The van der Waals surface area contributed by atoms with E-state index in [4.69, 9.17) is 9.47 Å². The maximum absolute atomic E-state index is 5.31. The van der Waals surface area contributed by atoms with Crippen LogP contribution in [0.25, 0.3) is 11.4 Å². The van der Waals surface area contributed by atoms with Gasteiger partial charge in [-0.3, -0.25) is 0 Å². The Balaban J connectivity index is 2.49. The maximum Gasteiger partial charge on any atom is 0.162 e. The lowest BCUT2D eigenvalue weighted by Gasteiger charge is -2.11. The highest BCUT2D eigenvalue weighted by Gasteiger charge is 2.13. The van der Waals surface area contributed by atoms with E-state index in [0.717, 1.165) is 22.4 Å². The van der Waals surface area contributed by atoms with E-state index >= 15 is 0 Å². The molecule has 1 N–H and O–H groups in total. The average Bonchev–Trinajstić information content (AvgIpc) is 2.47. The summed E-state index contributed by atoms with van der Waals surface area (Å²) in [7, 11) is 3.21. The van der Waals surface area contributed by atoms with Gasteiger partial charge in [0.25, 0.3) is 0 Å². The van der Waals surface area contributed by atoms with Crippen molar-refractivity contribution in [2.24, 2.45) is 0 Å². The minimum absolute atomic E-state index is 0.622. The van der Waals surface area contributed by atoms with Crippen molar-refractivity contribution in [1.29, 1.82) is 0 Å². The molecule has 0 amide bonds. The van der Waals surface area contributed by atoms with E-state index in [1.54, 1.807) is 20.4 Å². The average molecular weight is 338 g/mol. The van der Waals surface area contributed by atoms with Crippen LogP contribution in [0.15, 0.2) is 28.9 Å². The van der Waals surface area contributed by atoms with E-state index < -0.39 is 0 Å². The van der Waals surface area contributed by atoms with Gasteiger partial charge in [-0.2, -0.15) is 0 Å². The Bertz CT molecular complexity index is 605. The van der Waals surface area contributed by atoms with Crippen molar-refractivity contribution in [1.82, 2.24) is 9.97 Å². The lowest BCUT2D eigenvalue weighted by Crippen LogP contribution is -2.01. The number of halogens is 1. The standard InChI is InChI=1S/C14H16BrN3O2/c1-4-16-13-5-6-17-14(18-13)9-7-11(19-2)12(20-3)8-10(9)15/h5-8H,4H2,1-3H3,(H,16,17,18). The third kappa shape index (κ3) is 3.01. The highest BCUT2D eigenvalue weighted by Crippen LogP contribution is 2.37. The molecule has 0 saturated carbocycles. The zero-order valence-electron chi connectivity index (χ0n) is 11.6. The molecule has 0 aliphatic carbocycles. The lowest BCUT2D eigenvalue weighted by atomic mass is 10.2. The first-order valence-corrected chi connectivity index (χ1v) is 6.97. The summed E-state index contributed by atoms with van der Waals surface area (Å²) in [6.45, 7) is 2.83. The van der Waals surface area contributed by atoms with Crippen molar-refractivity contribution in [3.8, 4) is 22.9 Å². The zero-order chi connectivity index (χ0) is 14.5. The molecule has 0 bridgehead atoms. The predicted molar refractivity (Wildman–Crippen MR) is 82.4 cm³/mol. The second kappa shape index (κ2) is 6.56. The van der Waals surface area contributed by atoms with Gasteiger partial charge in [0.05, 0.1) is 14.2 Å². The summed E-state index contributed by atoms with van der Waals surface area (Å²) >= 11 is 3.52. The molecular formula is C14H16BrN3O2. The first-order chi connectivity index (χ1) is 9.69. The van der Waals surface area contributed by atoms with Gasteiger partial charge in [-0.05, 0) is 41.1 Å². The zero-order valence-corrected chi connectivity index (χ0v) is 13.2. The molecule has 0 aliphatic heterocycles. The Morgan fingerprint density at radius 2 is 1.90 bits per heavy atom. The number of rotatable bonds is 5. The summed E-state index contributed by atoms with van der Waals surface area (Å²) in [6, 6.07) is 5.53. The van der Waals surface area contributed by atoms with Crippen molar-refractivity contribution in [3.63, 3.8) is 0 Å². The molecule has 20 heavy (non-hydrogen) atoms. The van der Waals surface area contributed by atoms with Crippen LogP contribution in [-0.2, 0) is 0 Å². The van der Waals surface area contributed by atoms with Crippen LogP contribution >= 0.6 is 15.9 Å². The molecule has 2 rings (SSSR count). The first-order valence-electron chi connectivity index (χ1n) is 6.18. The molecule has 1 heterocycles. The van der Waals surface area contributed by atoms with Crippen molar-refractivity contribution in [3.05, 3.63) is 28.9 Å². The third-order valence-electron chi connectivity index (χ3n) is 2.73. The summed E-state index contributed by atoms with van der Waals surface area (Å²) in [6.07, 6.45) is 1.73. The van der Waals surface area contributed by atoms with Crippen LogP contribution in [0.1, 0.15) is 6.92 Å². The molecular weight excluding hydrogens is 322 g/mol. The molecule has 6 heteroatoms. The Labute approximate surface area is 126 Å². The maximum atomic E-state index is 5.31. The van der Waals surface area contributed by atoms with Crippen molar-refractivity contribution in [2.45, 2.75) is 6.92 Å². The van der Waals surface area contributed by atoms with E-state index in [1.807, 2.05) is 25.1 Å². The molecule has 0 fully saturated rings. The molecule has 1 aromatic carbocycles. The minimum Gasteiger partial charge on any atom is -0.493 e. The van der Waals surface area contributed by atoms with Gasteiger partial charge in [0, 0.05) is 22.8 Å². The number of methoxy groups -OCH3 is 2. The van der Waals surface area contributed by atoms with Crippen LogP contribution in [0.4, 0.5) is 5.82 Å². The van der Waals surface area contributed by atoms with Gasteiger partial charge in [0.1, 0.15) is 5.82 Å². The van der Waals surface area contributed by atoms with Crippen LogP contribution in [0.2, 0.25) is 0 Å². The fourth-order valence-electron chi connectivity index (χ4n) is 1.79. The van der Waals surface area contributed by atoms with E-state index in [9.17, 15) is 0 Å². The normalized spacial score (nSPS) is 10.2. The molecule has 2 aromatic rings. The number of benzene rings is 1. The number of hydrogen-bond acceptors (Lipinski definition) is 5. The minimum atomic E-state index is 0.622. The van der Waals surface area contributed by atoms with Gasteiger partial charge in [-0.25, -0.2) is 9.97 Å². The number of nitrogens with zero attached hydrogens (tertiary/aromatic N) is 2. The van der Waals surface area contributed by atoms with Crippen LogP contribution in [0.5, 0.6) is 11.5 Å². The van der Waals surface area contributed by atoms with Gasteiger partial charge in [0.2, 0.25) is 0 Å². The predicted octanol–water partition coefficient (Wildman–Crippen LogP) is 3.36. The number of ether oxygens (including phenoxy) is 2. The number of anilines is 1. The Morgan fingerprint density at radius 1 is 1.20 bits per heavy atom. The van der Waals surface area contributed by atoms with Crippen molar-refractivity contribution >= 4 is 21.7 Å². The molecule has 0 aliphatic rings. The fraction of sp³-hybridized carbons (Fsp3) is 0.286. The molecule has 0 unspecified atom stereocenters. The van der Waals surface area contributed by atoms with Gasteiger partial charge >= 0.3 is 0 Å². The molecule has 5 nitrogen and oxygen atoms in total. The van der Waals surface area contributed by atoms with Gasteiger partial charge in [-0.15, -0.1) is 0 Å². The van der Waals surface area contributed by atoms with Crippen LogP contribution in [-0.4, -0.2) is 30.7 Å². The largest absolute Gasteiger partial charge is 0.493 e. The highest BCUT2D eigenvalue weighted by atomic mass is 79.9. The number of hydrogen-bond donors (Lipinski definition) is 1. The lowest BCUT2D eigenvalue weighted by molar-refractivity contribution is 0.355. The Morgan fingerprint density at radius 3 is 2.55 bits per heavy atom. The van der Waals surface area contributed by atoms with Crippen LogP contribution < -0.4 is 14.8 Å². The quantitative estimate of drug-likeness (QED) is 0.906. The fourth-order valence-corrected chi connectivity index (χ4v) is 2.29. The SMILES string of the molecule is CCNc1ccnc(-c2cc(OC)c(OC)cc2Br)n1. The van der Waals surface area contributed by atoms with Crippen molar-refractivity contribution in [2.75, 3.05) is 26.1 Å². The Kier molecular flexibility index (Phi) is 4.79. The summed E-state index contributed by atoms with van der Waals surface area (Å²) in [4.78, 5) is 8.78. The molecule has 0 saturated heterocycles. The van der Waals surface area contributed by atoms with Gasteiger partial charge in [-0.1, -0.05) is 0 Å². The van der Waals surface area contributed by atoms with Crippen LogP contribution in [0, 0.1) is 0 Å². The third-order valence-corrected chi connectivity index (χ3v) is 3.38. The highest BCUT2D eigenvalue weighted by molar-refractivity contribution is 9.10. The topological polar surface area (TPSA) is 56.3 Å². The summed E-state index contributed by atoms with van der Waals surface area (Å²) in [5, 5.41) is 3.17. The Hall–Kier alpha value is -1.82. The van der Waals surface area contributed by atoms with Gasteiger partial charge < -0.3 is 14.8 Å². The van der Waals surface area contributed by atoms with Gasteiger partial charge in [0.15, 0.2) is 17.3 Å².